The number of nitrogens with two attached hydrogens (primary N) is 1. The van der Waals surface area contributed by atoms with Gasteiger partial charge in [0.2, 0.25) is 0 Å². The minimum Gasteiger partial charge on any atom is -0.397 e. The van der Waals surface area contributed by atoms with Crippen LogP contribution in [0, 0.1) is 0 Å². The molecule has 0 aromatic heterocycles. The molecule has 0 bridgehead atoms. The minimum absolute atomic E-state index is 0.843. The van der Waals surface area contributed by atoms with E-state index in [0.29, 0.717) is 0 Å². The van der Waals surface area contributed by atoms with E-state index >= 15 is 0 Å². The van der Waals surface area contributed by atoms with Crippen LogP contribution in [0.2, 0.25) is 0 Å². The van der Waals surface area contributed by atoms with Gasteiger partial charge < -0.3 is 11.1 Å². The molecule has 2 nitrogen and oxygen atoms in total. The Labute approximate surface area is 106 Å². The van der Waals surface area contributed by atoms with Gasteiger partial charge in [0.05, 0.1) is 11.4 Å². The maximum Gasteiger partial charge on any atom is 0.0573 e. The Hall–Kier alpha value is -1.18. The highest BCUT2D eigenvalue weighted by Crippen LogP contribution is 2.16. The van der Waals surface area contributed by atoms with Gasteiger partial charge >= 0.3 is 0 Å². The predicted octanol–water partition coefficient (Wildman–Crippen LogP) is 4.43. The van der Waals surface area contributed by atoms with Crippen molar-refractivity contribution in [1.82, 2.24) is 0 Å². The van der Waals surface area contributed by atoms with Crippen molar-refractivity contribution >= 4 is 11.4 Å². The third-order valence-electron chi connectivity index (χ3n) is 3.06. The van der Waals surface area contributed by atoms with Crippen molar-refractivity contribution in [3.63, 3.8) is 0 Å². The van der Waals surface area contributed by atoms with E-state index in [9.17, 15) is 0 Å². The van der Waals surface area contributed by atoms with Crippen LogP contribution in [-0.2, 0) is 0 Å². The lowest BCUT2D eigenvalue weighted by Gasteiger charge is -2.08. The smallest absolute Gasteiger partial charge is 0.0573 e. The zero-order valence-corrected chi connectivity index (χ0v) is 11.0. The molecule has 96 valence electrons. The van der Waals surface area contributed by atoms with Gasteiger partial charge in [0.1, 0.15) is 0 Å². The molecule has 0 aliphatic heterocycles. The molecule has 2 heteroatoms. The number of unbranched alkanes of at least 4 members (excludes halogenated alkanes) is 6. The highest BCUT2D eigenvalue weighted by Gasteiger charge is 1.95. The van der Waals surface area contributed by atoms with E-state index in [1.807, 2.05) is 24.3 Å². The molecule has 0 amide bonds. The Morgan fingerprint density at radius 1 is 0.941 bits per heavy atom. The summed E-state index contributed by atoms with van der Waals surface area (Å²) in [7, 11) is 0. The molecular formula is C15H26N2. The first-order valence-electron chi connectivity index (χ1n) is 6.93. The van der Waals surface area contributed by atoms with Crippen molar-refractivity contribution in [3.05, 3.63) is 24.3 Å². The van der Waals surface area contributed by atoms with Gasteiger partial charge in [0, 0.05) is 6.54 Å². The van der Waals surface area contributed by atoms with Crippen LogP contribution in [0.25, 0.3) is 0 Å². The maximum absolute atomic E-state index is 5.85. The molecule has 17 heavy (non-hydrogen) atoms. The molecular weight excluding hydrogens is 208 g/mol. The van der Waals surface area contributed by atoms with E-state index in [0.717, 1.165) is 17.9 Å². The van der Waals surface area contributed by atoms with E-state index in [1.165, 1.54) is 44.9 Å². The molecule has 0 saturated carbocycles. The Morgan fingerprint density at radius 2 is 1.59 bits per heavy atom. The summed E-state index contributed by atoms with van der Waals surface area (Å²) in [5.41, 5.74) is 7.76. The fourth-order valence-electron chi connectivity index (χ4n) is 1.96. The predicted molar refractivity (Wildman–Crippen MR) is 77.3 cm³/mol. The molecule has 0 saturated heterocycles. The molecule has 1 aromatic rings. The van der Waals surface area contributed by atoms with Crippen molar-refractivity contribution in [2.45, 2.75) is 51.9 Å². The second-order valence-corrected chi connectivity index (χ2v) is 4.64. The SMILES string of the molecule is CCCCCCCCCNc1ccccc1N. The Bertz CT molecular complexity index is 297. The highest BCUT2D eigenvalue weighted by atomic mass is 14.9. The first-order valence-corrected chi connectivity index (χ1v) is 6.93. The van der Waals surface area contributed by atoms with Crippen LogP contribution in [0.1, 0.15) is 51.9 Å². The molecule has 0 spiro atoms. The zero-order chi connectivity index (χ0) is 12.3. The van der Waals surface area contributed by atoms with Gasteiger partial charge in [0.25, 0.3) is 0 Å². The summed E-state index contributed by atoms with van der Waals surface area (Å²) in [5, 5.41) is 3.39. The van der Waals surface area contributed by atoms with Gasteiger partial charge in [-0.1, -0.05) is 57.6 Å². The maximum atomic E-state index is 5.85. The highest BCUT2D eigenvalue weighted by molar-refractivity contribution is 5.65. The standard InChI is InChI=1S/C15H26N2/c1-2-3-4-5-6-7-10-13-17-15-12-9-8-11-14(15)16/h8-9,11-12,17H,2-7,10,13,16H2,1H3. The summed E-state index contributed by atoms with van der Waals surface area (Å²) >= 11 is 0. The topological polar surface area (TPSA) is 38.0 Å². The monoisotopic (exact) mass is 234 g/mol. The quantitative estimate of drug-likeness (QED) is 0.490. The lowest BCUT2D eigenvalue weighted by molar-refractivity contribution is 0.596. The molecule has 0 atom stereocenters. The van der Waals surface area contributed by atoms with Gasteiger partial charge in [-0.25, -0.2) is 0 Å². The molecule has 3 N–H and O–H groups in total. The molecule has 1 aromatic carbocycles. The second kappa shape index (κ2) is 8.91. The van der Waals surface area contributed by atoms with Crippen LogP contribution < -0.4 is 11.1 Å². The second-order valence-electron chi connectivity index (χ2n) is 4.64. The summed E-state index contributed by atoms with van der Waals surface area (Å²) in [6.07, 6.45) is 9.43. The largest absolute Gasteiger partial charge is 0.397 e. The number of para-hydroxylation sites is 2. The summed E-state index contributed by atoms with van der Waals surface area (Å²) < 4.78 is 0. The van der Waals surface area contributed by atoms with E-state index in [1.54, 1.807) is 0 Å². The van der Waals surface area contributed by atoms with Crippen LogP contribution in [0.5, 0.6) is 0 Å². The Morgan fingerprint density at radius 3 is 2.29 bits per heavy atom. The molecule has 0 unspecified atom stereocenters. The zero-order valence-electron chi connectivity index (χ0n) is 11.0. The van der Waals surface area contributed by atoms with Crippen LogP contribution in [0.3, 0.4) is 0 Å². The first-order chi connectivity index (χ1) is 8.34. The van der Waals surface area contributed by atoms with Crippen molar-refractivity contribution in [1.29, 1.82) is 0 Å². The summed E-state index contributed by atoms with van der Waals surface area (Å²) in [6.45, 7) is 3.29. The molecule has 0 aliphatic carbocycles. The number of hydrogen-bond acceptors (Lipinski definition) is 2. The number of nitrogen functional groups attached to an aromatic ring is 1. The van der Waals surface area contributed by atoms with Crippen molar-refractivity contribution in [3.8, 4) is 0 Å². The normalized spacial score (nSPS) is 10.4. The van der Waals surface area contributed by atoms with Crippen LogP contribution >= 0.6 is 0 Å². The number of rotatable bonds is 9. The first kappa shape index (κ1) is 13.9. The molecule has 0 radical (unpaired) electrons. The van der Waals surface area contributed by atoms with Gasteiger partial charge in [-0.3, -0.25) is 0 Å². The van der Waals surface area contributed by atoms with Crippen LogP contribution in [0.4, 0.5) is 11.4 Å². The minimum atomic E-state index is 0.843. The Kier molecular flexibility index (Phi) is 7.28. The van der Waals surface area contributed by atoms with E-state index in [2.05, 4.69) is 12.2 Å². The third kappa shape index (κ3) is 6.20. The molecule has 0 heterocycles. The lowest BCUT2D eigenvalue weighted by atomic mass is 10.1. The fraction of sp³-hybridized carbons (Fsp3) is 0.600. The Balaban J connectivity index is 1.99. The van der Waals surface area contributed by atoms with E-state index in [4.69, 9.17) is 5.73 Å². The fourth-order valence-corrected chi connectivity index (χ4v) is 1.96. The number of benzene rings is 1. The third-order valence-corrected chi connectivity index (χ3v) is 3.06. The summed E-state index contributed by atoms with van der Waals surface area (Å²) in [4.78, 5) is 0. The van der Waals surface area contributed by atoms with Crippen LogP contribution in [0.15, 0.2) is 24.3 Å². The van der Waals surface area contributed by atoms with Gasteiger partial charge in [-0.15, -0.1) is 0 Å². The van der Waals surface area contributed by atoms with Gasteiger partial charge in [-0.2, -0.15) is 0 Å². The van der Waals surface area contributed by atoms with Crippen molar-refractivity contribution in [2.24, 2.45) is 0 Å². The molecule has 0 aliphatic rings. The van der Waals surface area contributed by atoms with Crippen LogP contribution in [-0.4, -0.2) is 6.54 Å². The number of hydrogen-bond donors (Lipinski definition) is 2. The molecule has 1 rings (SSSR count). The van der Waals surface area contributed by atoms with E-state index in [-0.39, 0.29) is 0 Å². The lowest BCUT2D eigenvalue weighted by Crippen LogP contribution is -2.03. The van der Waals surface area contributed by atoms with Crippen molar-refractivity contribution < 1.29 is 0 Å². The summed E-state index contributed by atoms with van der Waals surface area (Å²) in [6, 6.07) is 7.96. The molecule has 0 fully saturated rings. The van der Waals surface area contributed by atoms with Gasteiger partial charge in [0.15, 0.2) is 0 Å². The summed E-state index contributed by atoms with van der Waals surface area (Å²) in [5.74, 6) is 0. The van der Waals surface area contributed by atoms with Crippen molar-refractivity contribution in [2.75, 3.05) is 17.6 Å². The van der Waals surface area contributed by atoms with Gasteiger partial charge in [-0.05, 0) is 18.6 Å². The number of nitrogens with one attached hydrogen (secondary N) is 1. The number of anilines is 2. The van der Waals surface area contributed by atoms with E-state index < -0.39 is 0 Å². The average molecular weight is 234 g/mol. The average Bonchev–Trinajstić information content (AvgIpc) is 2.35.